The fourth-order valence-electron chi connectivity index (χ4n) is 6.08. The number of ether oxygens (including phenoxy) is 2. The van der Waals surface area contributed by atoms with Crippen LogP contribution < -0.4 is 4.74 Å². The topological polar surface area (TPSA) is 76.2 Å². The fourth-order valence-corrected chi connectivity index (χ4v) is 6.08. The zero-order chi connectivity index (χ0) is 25.4. The van der Waals surface area contributed by atoms with Gasteiger partial charge in [-0.05, 0) is 49.9 Å². The molecule has 2 aliphatic rings. The summed E-state index contributed by atoms with van der Waals surface area (Å²) in [5.74, 6) is 3.16. The molecule has 0 radical (unpaired) electrons. The molecule has 1 saturated heterocycles. The average Bonchev–Trinajstić information content (AvgIpc) is 3.40. The van der Waals surface area contributed by atoms with E-state index in [2.05, 4.69) is 30.7 Å². The molecule has 1 aromatic carbocycles. The number of nitrogens with one attached hydrogen (secondary N) is 1. The first kappa shape index (κ1) is 24.4. The molecule has 0 spiro atoms. The van der Waals surface area contributed by atoms with Gasteiger partial charge >= 0.3 is 6.09 Å². The van der Waals surface area contributed by atoms with E-state index in [9.17, 15) is 4.79 Å². The molecule has 1 amide bonds. The molecule has 1 aliphatic carbocycles. The van der Waals surface area contributed by atoms with Crippen molar-refractivity contribution in [1.29, 1.82) is 0 Å². The van der Waals surface area contributed by atoms with Crippen molar-refractivity contribution in [1.82, 2.24) is 19.5 Å². The minimum atomic E-state index is -0.464. The van der Waals surface area contributed by atoms with E-state index < -0.39 is 6.09 Å². The number of aromatic amines is 1. The van der Waals surface area contributed by atoms with Gasteiger partial charge in [-0.2, -0.15) is 0 Å². The Morgan fingerprint density at radius 3 is 2.47 bits per heavy atom. The molecule has 2 unspecified atom stereocenters. The Hall–Kier alpha value is -3.31. The molecule has 2 aromatic heterocycles. The van der Waals surface area contributed by atoms with Gasteiger partial charge in [-0.25, -0.2) is 19.1 Å². The van der Waals surface area contributed by atoms with Crippen LogP contribution in [0.15, 0.2) is 24.3 Å². The minimum absolute atomic E-state index is 0.224. The highest BCUT2D eigenvalue weighted by atomic mass is 16.6. The number of hydrogen-bond acceptors (Lipinski definition) is 4. The van der Waals surface area contributed by atoms with Gasteiger partial charge in [0.1, 0.15) is 5.65 Å². The van der Waals surface area contributed by atoms with Gasteiger partial charge in [0.05, 0.1) is 19.8 Å². The van der Waals surface area contributed by atoms with Crippen LogP contribution in [-0.4, -0.2) is 51.9 Å². The molecule has 36 heavy (non-hydrogen) atoms. The number of morpholine rings is 1. The second-order valence-electron chi connectivity index (χ2n) is 10.7. The Labute approximate surface area is 212 Å². The SMILES string of the molecule is [C-]#[N+]c1c(CC2C(C)CC(C)CC2C)c2nc(-c3ccc(C)cc3)[nH]n2c1OC(=O)N1CCOCC1. The maximum atomic E-state index is 13.0. The highest BCUT2D eigenvalue weighted by molar-refractivity contribution is 5.80. The van der Waals surface area contributed by atoms with E-state index in [0.717, 1.165) is 17.5 Å². The first-order valence-corrected chi connectivity index (χ1v) is 13.0. The molecule has 1 N–H and O–H groups in total. The van der Waals surface area contributed by atoms with Crippen LogP contribution in [0.1, 0.15) is 44.7 Å². The lowest BCUT2D eigenvalue weighted by Crippen LogP contribution is -2.42. The smallest absolute Gasteiger partial charge is 0.402 e. The lowest BCUT2D eigenvalue weighted by Gasteiger charge is -2.38. The summed E-state index contributed by atoms with van der Waals surface area (Å²) < 4.78 is 13.0. The predicted molar refractivity (Wildman–Crippen MR) is 138 cm³/mol. The van der Waals surface area contributed by atoms with Crippen molar-refractivity contribution in [2.45, 2.75) is 47.0 Å². The van der Waals surface area contributed by atoms with Gasteiger partial charge in [0, 0.05) is 24.2 Å². The van der Waals surface area contributed by atoms with E-state index in [1.807, 2.05) is 31.2 Å². The number of nitrogens with zero attached hydrogens (tertiary/aromatic N) is 4. The average molecular weight is 490 g/mol. The van der Waals surface area contributed by atoms with Crippen LogP contribution in [0.4, 0.5) is 10.5 Å². The Morgan fingerprint density at radius 1 is 1.17 bits per heavy atom. The van der Waals surface area contributed by atoms with Crippen LogP contribution in [-0.2, 0) is 11.2 Å². The summed E-state index contributed by atoms with van der Waals surface area (Å²) in [5, 5.41) is 3.31. The van der Waals surface area contributed by atoms with Gasteiger partial charge in [0.2, 0.25) is 5.88 Å². The Bertz CT molecular complexity index is 1270. The van der Waals surface area contributed by atoms with E-state index in [4.69, 9.17) is 21.0 Å². The van der Waals surface area contributed by atoms with E-state index in [-0.39, 0.29) is 5.88 Å². The summed E-state index contributed by atoms with van der Waals surface area (Å²) in [6, 6.07) is 8.14. The molecular weight excluding hydrogens is 454 g/mol. The summed E-state index contributed by atoms with van der Waals surface area (Å²) in [6.07, 6.45) is 2.65. The van der Waals surface area contributed by atoms with Crippen molar-refractivity contribution in [3.05, 3.63) is 46.8 Å². The van der Waals surface area contributed by atoms with Crippen molar-refractivity contribution in [2.75, 3.05) is 26.3 Å². The third kappa shape index (κ3) is 4.60. The molecule has 1 saturated carbocycles. The van der Waals surface area contributed by atoms with E-state index >= 15 is 0 Å². The zero-order valence-corrected chi connectivity index (χ0v) is 21.6. The molecule has 8 heteroatoms. The number of fused-ring (bicyclic) bond motifs is 1. The monoisotopic (exact) mass is 489 g/mol. The highest BCUT2D eigenvalue weighted by Crippen LogP contribution is 2.45. The number of rotatable bonds is 4. The largest absolute Gasteiger partial charge is 0.415 e. The van der Waals surface area contributed by atoms with Crippen molar-refractivity contribution in [2.24, 2.45) is 23.7 Å². The van der Waals surface area contributed by atoms with Gasteiger partial charge in [0.15, 0.2) is 5.82 Å². The summed E-state index contributed by atoms with van der Waals surface area (Å²) in [7, 11) is 0. The number of benzene rings is 1. The number of carbonyl (C=O) groups excluding carboxylic acids is 1. The van der Waals surface area contributed by atoms with Gasteiger partial charge < -0.3 is 14.4 Å². The first-order chi connectivity index (χ1) is 17.4. The van der Waals surface area contributed by atoms with Crippen LogP contribution in [0.5, 0.6) is 5.88 Å². The lowest BCUT2D eigenvalue weighted by molar-refractivity contribution is 0.0411. The van der Waals surface area contributed by atoms with Crippen LogP contribution in [0, 0.1) is 37.2 Å². The molecular formula is C28H35N5O3. The zero-order valence-electron chi connectivity index (χ0n) is 21.6. The molecule has 2 fully saturated rings. The highest BCUT2D eigenvalue weighted by Gasteiger charge is 2.35. The molecule has 3 heterocycles. The van der Waals surface area contributed by atoms with Crippen LogP contribution in [0.3, 0.4) is 0 Å². The number of aryl methyl sites for hydroxylation is 1. The molecule has 8 nitrogen and oxygen atoms in total. The number of aromatic nitrogens is 3. The number of H-pyrrole nitrogens is 1. The van der Waals surface area contributed by atoms with Gasteiger partial charge in [-0.3, -0.25) is 5.10 Å². The van der Waals surface area contributed by atoms with Crippen molar-refractivity contribution in [3.63, 3.8) is 0 Å². The Morgan fingerprint density at radius 2 is 1.83 bits per heavy atom. The summed E-state index contributed by atoms with van der Waals surface area (Å²) in [6.45, 7) is 19.0. The molecule has 3 aromatic rings. The maximum Gasteiger partial charge on any atom is 0.415 e. The van der Waals surface area contributed by atoms with Crippen LogP contribution in [0.25, 0.3) is 21.9 Å². The van der Waals surface area contributed by atoms with Gasteiger partial charge in [-0.1, -0.05) is 50.6 Å². The van der Waals surface area contributed by atoms with Gasteiger partial charge in [-0.15, -0.1) is 0 Å². The molecule has 5 rings (SSSR count). The van der Waals surface area contributed by atoms with Crippen molar-refractivity contribution < 1.29 is 14.3 Å². The Kier molecular flexibility index (Phi) is 6.76. The fraction of sp³-hybridized carbons (Fsp3) is 0.536. The predicted octanol–water partition coefficient (Wildman–Crippen LogP) is 5.88. The van der Waals surface area contributed by atoms with Crippen molar-refractivity contribution >= 4 is 17.4 Å². The molecule has 0 bridgehead atoms. The first-order valence-electron chi connectivity index (χ1n) is 13.0. The molecule has 190 valence electrons. The summed E-state index contributed by atoms with van der Waals surface area (Å²) in [4.78, 5) is 23.5. The standard InChI is InChI=1S/C28H35N5O3/c1-17-6-8-21(9-7-17)25-30-26-23(16-22-19(3)14-18(2)15-20(22)4)24(29-5)27(33(26)31-25)36-28(34)32-10-12-35-13-11-32/h6-9,18-20,22H,10-16H2,1-4H3,(H,30,31). The second-order valence-corrected chi connectivity index (χ2v) is 10.7. The van der Waals surface area contributed by atoms with Crippen LogP contribution >= 0.6 is 0 Å². The quantitative estimate of drug-likeness (QED) is 0.464. The minimum Gasteiger partial charge on any atom is -0.402 e. The third-order valence-corrected chi connectivity index (χ3v) is 7.95. The van der Waals surface area contributed by atoms with Crippen LogP contribution in [0.2, 0.25) is 0 Å². The van der Waals surface area contributed by atoms with E-state index in [0.29, 0.717) is 67.1 Å². The number of hydrogen-bond donors (Lipinski definition) is 1. The second kappa shape index (κ2) is 9.98. The normalized spacial score (nSPS) is 24.6. The molecule has 2 atom stereocenters. The number of carbonyl (C=O) groups is 1. The summed E-state index contributed by atoms with van der Waals surface area (Å²) >= 11 is 0. The molecule has 1 aliphatic heterocycles. The maximum absolute atomic E-state index is 13.0. The Balaban J connectivity index is 1.57. The lowest BCUT2D eigenvalue weighted by atomic mass is 9.67. The summed E-state index contributed by atoms with van der Waals surface area (Å²) in [5.41, 5.74) is 4.02. The van der Waals surface area contributed by atoms with E-state index in [1.165, 1.54) is 18.4 Å². The van der Waals surface area contributed by atoms with Gasteiger partial charge in [0.25, 0.3) is 5.69 Å². The number of amides is 1. The third-order valence-electron chi connectivity index (χ3n) is 7.95. The van der Waals surface area contributed by atoms with E-state index in [1.54, 1.807) is 9.42 Å². The van der Waals surface area contributed by atoms with Crippen molar-refractivity contribution in [3.8, 4) is 17.3 Å².